The van der Waals surface area contributed by atoms with Gasteiger partial charge in [-0.25, -0.2) is 0 Å². The maximum absolute atomic E-state index is 12.3. The third-order valence-electron chi connectivity index (χ3n) is 4.67. The topological polar surface area (TPSA) is 93.9 Å². The third kappa shape index (κ3) is 4.62. The molecule has 0 bridgehead atoms. The number of hydrogen-bond donors (Lipinski definition) is 1. The summed E-state index contributed by atoms with van der Waals surface area (Å²) >= 11 is 0. The van der Waals surface area contributed by atoms with Crippen molar-refractivity contribution in [2.45, 2.75) is 19.8 Å². The molecule has 4 rings (SSSR count). The van der Waals surface area contributed by atoms with Crippen molar-refractivity contribution >= 4 is 23.1 Å². The Morgan fingerprint density at radius 3 is 2.69 bits per heavy atom. The molecule has 1 saturated heterocycles. The first-order valence-corrected chi connectivity index (χ1v) is 9.79. The molecular formula is C20H24N6O3. The average Bonchev–Trinajstić information content (AvgIpc) is 3.17. The van der Waals surface area contributed by atoms with E-state index in [1.54, 1.807) is 4.52 Å². The molecule has 0 saturated carbocycles. The molecule has 1 aliphatic rings. The van der Waals surface area contributed by atoms with E-state index in [1.807, 2.05) is 43.3 Å². The molecule has 152 valence electrons. The molecule has 9 heteroatoms. The van der Waals surface area contributed by atoms with Crippen LogP contribution in [-0.4, -0.2) is 58.6 Å². The molecule has 0 unspecified atom stereocenters. The summed E-state index contributed by atoms with van der Waals surface area (Å²) in [6.45, 7) is 5.55. The molecule has 0 aliphatic carbocycles. The molecule has 0 atom stereocenters. The van der Waals surface area contributed by atoms with Crippen LogP contribution in [0.2, 0.25) is 0 Å². The summed E-state index contributed by atoms with van der Waals surface area (Å²) in [7, 11) is 0. The van der Waals surface area contributed by atoms with Gasteiger partial charge < -0.3 is 19.7 Å². The highest BCUT2D eigenvalue weighted by Gasteiger charge is 2.15. The molecule has 3 aromatic rings. The number of carbonyl (C=O) groups is 1. The molecule has 29 heavy (non-hydrogen) atoms. The molecule has 9 nitrogen and oxygen atoms in total. The normalized spacial score (nSPS) is 14.2. The number of carbonyl (C=O) groups excluding carboxylic acids is 1. The van der Waals surface area contributed by atoms with Crippen LogP contribution in [0.4, 0.5) is 11.5 Å². The number of anilines is 2. The number of aromatic nitrogens is 4. The lowest BCUT2D eigenvalue weighted by Gasteiger charge is -2.27. The molecule has 2 aromatic heterocycles. The Hall–Kier alpha value is -3.20. The molecule has 1 fully saturated rings. The van der Waals surface area contributed by atoms with Crippen molar-refractivity contribution in [3.05, 3.63) is 42.2 Å². The summed E-state index contributed by atoms with van der Waals surface area (Å²) in [5.41, 5.74) is 1.40. The van der Waals surface area contributed by atoms with Gasteiger partial charge in [-0.2, -0.15) is 4.52 Å². The number of fused-ring (bicyclic) bond motifs is 1. The summed E-state index contributed by atoms with van der Waals surface area (Å²) in [6, 6.07) is 11.2. The average molecular weight is 396 g/mol. The molecule has 3 heterocycles. The highest BCUT2D eigenvalue weighted by Crippen LogP contribution is 2.17. The molecule has 0 spiro atoms. The monoisotopic (exact) mass is 396 g/mol. The standard InChI is InChI=1S/C20H24N6O3/c1-2-29-16-5-3-15(4-6-16)21-20(27)10-9-18-23-22-17-7-8-19(24-26(17)18)25-11-13-28-14-12-25/h3-8H,2,9-14H2,1H3,(H,21,27). The summed E-state index contributed by atoms with van der Waals surface area (Å²) in [5, 5.41) is 15.9. The Bertz CT molecular complexity index is 966. The van der Waals surface area contributed by atoms with E-state index in [9.17, 15) is 4.79 Å². The van der Waals surface area contributed by atoms with Gasteiger partial charge in [-0.15, -0.1) is 15.3 Å². The van der Waals surface area contributed by atoms with Gasteiger partial charge in [0, 0.05) is 31.6 Å². The number of nitrogens with one attached hydrogen (secondary N) is 1. The van der Waals surface area contributed by atoms with Gasteiger partial charge >= 0.3 is 0 Å². The Morgan fingerprint density at radius 1 is 1.14 bits per heavy atom. The van der Waals surface area contributed by atoms with Gasteiger partial charge in [0.15, 0.2) is 11.5 Å². The summed E-state index contributed by atoms with van der Waals surface area (Å²) in [6.07, 6.45) is 0.737. The number of aryl methyl sites for hydroxylation is 1. The van der Waals surface area contributed by atoms with Crippen LogP contribution in [-0.2, 0) is 16.0 Å². The molecule has 1 aliphatic heterocycles. The predicted molar refractivity (Wildman–Crippen MR) is 108 cm³/mol. The second-order valence-electron chi connectivity index (χ2n) is 6.68. The van der Waals surface area contributed by atoms with E-state index in [-0.39, 0.29) is 12.3 Å². The third-order valence-corrected chi connectivity index (χ3v) is 4.67. The van der Waals surface area contributed by atoms with E-state index in [0.29, 0.717) is 37.7 Å². The van der Waals surface area contributed by atoms with E-state index >= 15 is 0 Å². The second kappa shape index (κ2) is 8.87. The summed E-state index contributed by atoms with van der Waals surface area (Å²) in [5.74, 6) is 2.22. The van der Waals surface area contributed by atoms with Gasteiger partial charge in [0.25, 0.3) is 0 Å². The first kappa shape index (κ1) is 19.1. The lowest BCUT2D eigenvalue weighted by Crippen LogP contribution is -2.37. The Morgan fingerprint density at radius 2 is 1.93 bits per heavy atom. The van der Waals surface area contributed by atoms with Gasteiger partial charge in [-0.1, -0.05) is 0 Å². The first-order valence-electron chi connectivity index (χ1n) is 9.79. The molecule has 1 amide bonds. The molecule has 1 aromatic carbocycles. The van der Waals surface area contributed by atoms with E-state index < -0.39 is 0 Å². The van der Waals surface area contributed by atoms with Crippen LogP contribution in [0.1, 0.15) is 19.2 Å². The number of rotatable bonds is 7. The van der Waals surface area contributed by atoms with Crippen molar-refractivity contribution in [3.8, 4) is 5.75 Å². The number of benzene rings is 1. The van der Waals surface area contributed by atoms with E-state index in [4.69, 9.17) is 9.47 Å². The van der Waals surface area contributed by atoms with Crippen molar-refractivity contribution in [2.24, 2.45) is 0 Å². The van der Waals surface area contributed by atoms with Crippen molar-refractivity contribution in [1.29, 1.82) is 0 Å². The zero-order chi connectivity index (χ0) is 20.1. The van der Waals surface area contributed by atoms with Crippen LogP contribution < -0.4 is 15.0 Å². The van der Waals surface area contributed by atoms with E-state index in [1.165, 1.54) is 0 Å². The van der Waals surface area contributed by atoms with Crippen molar-refractivity contribution in [1.82, 2.24) is 19.8 Å². The van der Waals surface area contributed by atoms with Gasteiger partial charge in [0.2, 0.25) is 5.91 Å². The number of ether oxygens (including phenoxy) is 2. The Kier molecular flexibility index (Phi) is 5.85. The number of morpholine rings is 1. The SMILES string of the molecule is CCOc1ccc(NC(=O)CCc2nnc3ccc(N4CCOCC4)nn23)cc1. The minimum atomic E-state index is -0.0877. The lowest BCUT2D eigenvalue weighted by atomic mass is 10.2. The van der Waals surface area contributed by atoms with Crippen LogP contribution in [0.3, 0.4) is 0 Å². The predicted octanol–water partition coefficient (Wildman–Crippen LogP) is 1.93. The van der Waals surface area contributed by atoms with Gasteiger partial charge in [-0.3, -0.25) is 4.79 Å². The highest BCUT2D eigenvalue weighted by atomic mass is 16.5. The first-order chi connectivity index (χ1) is 14.2. The molecular weight excluding hydrogens is 372 g/mol. The maximum atomic E-state index is 12.3. The number of hydrogen-bond acceptors (Lipinski definition) is 7. The minimum absolute atomic E-state index is 0.0877. The Balaban J connectivity index is 1.39. The number of amides is 1. The fourth-order valence-electron chi connectivity index (χ4n) is 3.19. The van der Waals surface area contributed by atoms with Crippen molar-refractivity contribution < 1.29 is 14.3 Å². The van der Waals surface area contributed by atoms with Crippen LogP contribution in [0, 0.1) is 0 Å². The van der Waals surface area contributed by atoms with Gasteiger partial charge in [-0.05, 0) is 43.3 Å². The van der Waals surface area contributed by atoms with Gasteiger partial charge in [0.05, 0.1) is 19.8 Å². The highest BCUT2D eigenvalue weighted by molar-refractivity contribution is 5.90. The fourth-order valence-corrected chi connectivity index (χ4v) is 3.19. The largest absolute Gasteiger partial charge is 0.494 e. The zero-order valence-corrected chi connectivity index (χ0v) is 16.4. The van der Waals surface area contributed by atoms with Crippen LogP contribution >= 0.6 is 0 Å². The summed E-state index contributed by atoms with van der Waals surface area (Å²) in [4.78, 5) is 14.5. The minimum Gasteiger partial charge on any atom is -0.494 e. The lowest BCUT2D eigenvalue weighted by molar-refractivity contribution is -0.116. The van der Waals surface area contributed by atoms with Crippen LogP contribution in [0.15, 0.2) is 36.4 Å². The van der Waals surface area contributed by atoms with Crippen LogP contribution in [0.5, 0.6) is 5.75 Å². The summed E-state index contributed by atoms with van der Waals surface area (Å²) < 4.78 is 12.5. The van der Waals surface area contributed by atoms with E-state index in [2.05, 4.69) is 25.5 Å². The van der Waals surface area contributed by atoms with E-state index in [0.717, 1.165) is 30.3 Å². The van der Waals surface area contributed by atoms with Crippen molar-refractivity contribution in [3.63, 3.8) is 0 Å². The van der Waals surface area contributed by atoms with Crippen LogP contribution in [0.25, 0.3) is 5.65 Å². The van der Waals surface area contributed by atoms with Gasteiger partial charge in [0.1, 0.15) is 11.6 Å². The smallest absolute Gasteiger partial charge is 0.224 e. The Labute approximate surface area is 168 Å². The molecule has 0 radical (unpaired) electrons. The molecule has 1 N–H and O–H groups in total. The maximum Gasteiger partial charge on any atom is 0.224 e. The number of nitrogens with zero attached hydrogens (tertiary/aromatic N) is 5. The quantitative estimate of drug-likeness (QED) is 0.652. The fraction of sp³-hybridized carbons (Fsp3) is 0.400. The van der Waals surface area contributed by atoms with Crippen molar-refractivity contribution in [2.75, 3.05) is 43.1 Å². The zero-order valence-electron chi connectivity index (χ0n) is 16.4. The second-order valence-corrected chi connectivity index (χ2v) is 6.68.